The number of urea groups is 1. The van der Waals surface area contributed by atoms with E-state index in [-0.39, 0.29) is 6.03 Å². The fourth-order valence-corrected chi connectivity index (χ4v) is 3.67. The van der Waals surface area contributed by atoms with Crippen LogP contribution in [0.15, 0.2) is 0 Å². The Bertz CT molecular complexity index is 431. The van der Waals surface area contributed by atoms with E-state index in [0.717, 1.165) is 6.42 Å². The summed E-state index contributed by atoms with van der Waals surface area (Å²) >= 11 is 0. The van der Waals surface area contributed by atoms with Gasteiger partial charge in [-0.15, -0.1) is 0 Å². The Labute approximate surface area is 127 Å². The van der Waals surface area contributed by atoms with E-state index in [1.165, 1.54) is 6.26 Å². The number of amides is 2. The van der Waals surface area contributed by atoms with Crippen LogP contribution in [-0.4, -0.2) is 64.5 Å². The average Bonchev–Trinajstić information content (AvgIpc) is 2.41. The fourth-order valence-electron chi connectivity index (χ4n) is 2.58. The molecule has 1 fully saturated rings. The molecule has 21 heavy (non-hydrogen) atoms. The van der Waals surface area contributed by atoms with Crippen LogP contribution in [-0.2, 0) is 14.8 Å². The molecule has 1 saturated heterocycles. The minimum absolute atomic E-state index is 0.0726. The maximum atomic E-state index is 11.9. The molecule has 0 unspecified atom stereocenters. The highest BCUT2D eigenvalue weighted by atomic mass is 32.2. The first-order chi connectivity index (χ1) is 9.82. The molecular weight excluding hydrogens is 294 g/mol. The minimum Gasteiger partial charge on any atom is -0.385 e. The Morgan fingerprint density at radius 2 is 1.95 bits per heavy atom. The van der Waals surface area contributed by atoms with Gasteiger partial charge >= 0.3 is 6.03 Å². The van der Waals surface area contributed by atoms with Gasteiger partial charge in [-0.2, -0.15) is 0 Å². The van der Waals surface area contributed by atoms with Gasteiger partial charge in [-0.1, -0.05) is 6.92 Å². The van der Waals surface area contributed by atoms with Crippen molar-refractivity contribution in [2.75, 3.05) is 39.6 Å². The van der Waals surface area contributed by atoms with E-state index in [4.69, 9.17) is 4.74 Å². The highest BCUT2D eigenvalue weighted by Crippen LogP contribution is 2.26. The number of methoxy groups -OCH3 is 1. The number of ether oxygens (including phenoxy) is 1. The van der Waals surface area contributed by atoms with Gasteiger partial charge in [0.1, 0.15) is 0 Å². The van der Waals surface area contributed by atoms with Crippen LogP contribution in [0.25, 0.3) is 0 Å². The topological polar surface area (TPSA) is 87.7 Å². The molecule has 0 aliphatic carbocycles. The molecule has 1 heterocycles. The molecule has 0 saturated carbocycles. The van der Waals surface area contributed by atoms with Gasteiger partial charge in [-0.05, 0) is 25.7 Å². The Hall–Kier alpha value is -0.860. The number of piperidine rings is 1. The van der Waals surface area contributed by atoms with Crippen molar-refractivity contribution >= 4 is 16.1 Å². The van der Waals surface area contributed by atoms with Crippen molar-refractivity contribution in [2.45, 2.75) is 38.1 Å². The molecular formula is C13H27N3O4S. The first kappa shape index (κ1) is 18.2. The second kappa shape index (κ2) is 7.95. The van der Waals surface area contributed by atoms with Crippen LogP contribution in [0.5, 0.6) is 0 Å². The first-order valence-electron chi connectivity index (χ1n) is 7.32. The van der Waals surface area contributed by atoms with Gasteiger partial charge < -0.3 is 15.0 Å². The number of rotatable bonds is 7. The number of hydrogen-bond acceptors (Lipinski definition) is 4. The van der Waals surface area contributed by atoms with Crippen LogP contribution in [0, 0.1) is 0 Å². The van der Waals surface area contributed by atoms with E-state index in [0.29, 0.717) is 45.5 Å². The number of hydrogen-bond donors (Lipinski definition) is 2. The zero-order chi connectivity index (χ0) is 15.9. The summed E-state index contributed by atoms with van der Waals surface area (Å²) in [4.78, 5) is 13.7. The first-order valence-corrected chi connectivity index (χ1v) is 9.22. The van der Waals surface area contributed by atoms with Crippen molar-refractivity contribution < 1.29 is 17.9 Å². The number of carbonyl (C=O) groups is 1. The maximum absolute atomic E-state index is 11.9. The molecule has 2 amide bonds. The van der Waals surface area contributed by atoms with Crippen LogP contribution in [0.1, 0.15) is 32.6 Å². The Morgan fingerprint density at radius 1 is 1.33 bits per heavy atom. The van der Waals surface area contributed by atoms with E-state index >= 15 is 0 Å². The number of sulfonamides is 1. The third-order valence-electron chi connectivity index (χ3n) is 3.72. The van der Waals surface area contributed by atoms with E-state index in [1.807, 2.05) is 6.92 Å². The quantitative estimate of drug-likeness (QED) is 0.716. The largest absolute Gasteiger partial charge is 0.385 e. The average molecular weight is 321 g/mol. The number of nitrogens with one attached hydrogen (secondary N) is 2. The van der Waals surface area contributed by atoms with Crippen molar-refractivity contribution in [1.82, 2.24) is 14.9 Å². The molecule has 0 atom stereocenters. The lowest BCUT2D eigenvalue weighted by Crippen LogP contribution is -2.57. The van der Waals surface area contributed by atoms with Crippen molar-refractivity contribution in [3.05, 3.63) is 0 Å². The maximum Gasteiger partial charge on any atom is 0.317 e. The van der Waals surface area contributed by atoms with Crippen molar-refractivity contribution in [1.29, 1.82) is 0 Å². The predicted octanol–water partition coefficient (Wildman–Crippen LogP) is 0.526. The van der Waals surface area contributed by atoms with Gasteiger partial charge in [0, 0.05) is 38.9 Å². The summed E-state index contributed by atoms with van der Waals surface area (Å²) < 4.78 is 31.0. The molecule has 7 nitrogen and oxygen atoms in total. The van der Waals surface area contributed by atoms with Gasteiger partial charge in [0.2, 0.25) is 10.0 Å². The summed E-state index contributed by atoms with van der Waals surface area (Å²) in [5.41, 5.74) is -0.509. The third-order valence-corrected chi connectivity index (χ3v) is 4.52. The number of likely N-dealkylation sites (tertiary alicyclic amines) is 1. The lowest BCUT2D eigenvalue weighted by Gasteiger charge is -2.41. The van der Waals surface area contributed by atoms with Gasteiger partial charge in [0.25, 0.3) is 0 Å². The van der Waals surface area contributed by atoms with Crippen molar-refractivity contribution in [3.63, 3.8) is 0 Å². The normalized spacial score (nSPS) is 18.5. The second-order valence-corrected chi connectivity index (χ2v) is 7.36. The standard InChI is InChI=1S/C13H27N3O4S/c1-4-8-14-12(17)16-9-5-13(6-10-16,7-11-20-2)15-21(3,18)19/h15H,4-11H2,1-3H3,(H,14,17). The van der Waals surface area contributed by atoms with Gasteiger partial charge in [-0.25, -0.2) is 17.9 Å². The summed E-state index contributed by atoms with van der Waals surface area (Å²) in [5, 5.41) is 2.84. The summed E-state index contributed by atoms with van der Waals surface area (Å²) in [5.74, 6) is 0. The zero-order valence-corrected chi connectivity index (χ0v) is 14.0. The summed E-state index contributed by atoms with van der Waals surface area (Å²) in [6.45, 7) is 4.24. The molecule has 0 aromatic rings. The highest BCUT2D eigenvalue weighted by Gasteiger charge is 2.37. The summed E-state index contributed by atoms with van der Waals surface area (Å²) in [7, 11) is -1.69. The molecule has 1 aliphatic heterocycles. The fraction of sp³-hybridized carbons (Fsp3) is 0.923. The van der Waals surface area contributed by atoms with E-state index in [1.54, 1.807) is 12.0 Å². The lowest BCUT2D eigenvalue weighted by molar-refractivity contribution is 0.115. The van der Waals surface area contributed by atoms with Crippen LogP contribution < -0.4 is 10.0 Å². The van der Waals surface area contributed by atoms with Gasteiger partial charge in [0.15, 0.2) is 0 Å². The Morgan fingerprint density at radius 3 is 2.43 bits per heavy atom. The summed E-state index contributed by atoms with van der Waals surface area (Å²) in [6, 6.07) is -0.0726. The Kier molecular flexibility index (Phi) is 6.89. The van der Waals surface area contributed by atoms with Crippen LogP contribution in [0.4, 0.5) is 4.79 Å². The smallest absolute Gasteiger partial charge is 0.317 e. The van der Waals surface area contributed by atoms with Gasteiger partial charge in [0.05, 0.1) is 6.26 Å². The predicted molar refractivity (Wildman–Crippen MR) is 81.7 cm³/mol. The molecule has 1 rings (SSSR count). The van der Waals surface area contributed by atoms with Gasteiger partial charge in [-0.3, -0.25) is 0 Å². The van der Waals surface area contributed by atoms with Crippen LogP contribution in [0.2, 0.25) is 0 Å². The van der Waals surface area contributed by atoms with E-state index < -0.39 is 15.6 Å². The van der Waals surface area contributed by atoms with Crippen LogP contribution in [0.3, 0.4) is 0 Å². The minimum atomic E-state index is -3.29. The molecule has 0 aromatic carbocycles. The van der Waals surface area contributed by atoms with Crippen molar-refractivity contribution in [2.24, 2.45) is 0 Å². The molecule has 1 aliphatic rings. The molecule has 2 N–H and O–H groups in total. The Balaban J connectivity index is 2.63. The highest BCUT2D eigenvalue weighted by molar-refractivity contribution is 7.88. The monoisotopic (exact) mass is 321 g/mol. The second-order valence-electron chi connectivity index (χ2n) is 5.62. The number of carbonyl (C=O) groups excluding carboxylic acids is 1. The third kappa shape index (κ3) is 6.19. The van der Waals surface area contributed by atoms with E-state index in [2.05, 4.69) is 10.0 Å². The molecule has 124 valence electrons. The molecule has 0 aromatic heterocycles. The van der Waals surface area contributed by atoms with E-state index in [9.17, 15) is 13.2 Å². The molecule has 0 radical (unpaired) electrons. The molecule has 0 bridgehead atoms. The number of nitrogens with zero attached hydrogens (tertiary/aromatic N) is 1. The lowest BCUT2D eigenvalue weighted by atomic mass is 9.86. The zero-order valence-electron chi connectivity index (χ0n) is 13.1. The molecule has 8 heteroatoms. The summed E-state index contributed by atoms with van der Waals surface area (Å²) in [6.07, 6.45) is 3.88. The van der Waals surface area contributed by atoms with Crippen LogP contribution >= 0.6 is 0 Å². The van der Waals surface area contributed by atoms with Crippen molar-refractivity contribution in [3.8, 4) is 0 Å². The SMILES string of the molecule is CCCNC(=O)N1CCC(CCOC)(NS(C)(=O)=O)CC1. The molecule has 0 spiro atoms.